The Kier molecular flexibility index (Phi) is 7.42. The molecule has 34 heavy (non-hydrogen) atoms. The third-order valence-corrected chi connectivity index (χ3v) is 7.75. The number of benzene rings is 2. The van der Waals surface area contributed by atoms with Crippen LogP contribution in [-0.4, -0.2) is 50.0 Å². The highest BCUT2D eigenvalue weighted by Crippen LogP contribution is 2.31. The van der Waals surface area contributed by atoms with Crippen molar-refractivity contribution >= 4 is 33.2 Å². The Balaban J connectivity index is 1.93. The molecule has 0 aliphatic heterocycles. The van der Waals surface area contributed by atoms with E-state index in [2.05, 4.69) is 10.3 Å². The van der Waals surface area contributed by atoms with Crippen LogP contribution in [0.5, 0.6) is 0 Å². The first kappa shape index (κ1) is 25.4. The molecule has 0 bridgehead atoms. The lowest BCUT2D eigenvalue weighted by molar-refractivity contribution is 0.0523. The first-order chi connectivity index (χ1) is 15.9. The second-order valence-corrected chi connectivity index (χ2v) is 12.0. The summed E-state index contributed by atoms with van der Waals surface area (Å²) in [5.74, 6) is -0.305. The van der Waals surface area contributed by atoms with Crippen molar-refractivity contribution in [3.8, 4) is 11.1 Å². The molecule has 3 aromatic rings. The van der Waals surface area contributed by atoms with Crippen molar-refractivity contribution in [2.45, 2.75) is 42.0 Å². The Bertz CT molecular complexity index is 1290. The van der Waals surface area contributed by atoms with Crippen LogP contribution in [0.3, 0.4) is 0 Å². The Morgan fingerprint density at radius 1 is 1.06 bits per heavy atom. The summed E-state index contributed by atoms with van der Waals surface area (Å²) in [6.07, 6.45) is 0.642. The number of ether oxygens (including phenoxy) is 1. The number of amides is 2. The van der Waals surface area contributed by atoms with E-state index in [9.17, 15) is 18.0 Å². The van der Waals surface area contributed by atoms with Crippen LogP contribution in [0.1, 0.15) is 36.1 Å². The van der Waals surface area contributed by atoms with Gasteiger partial charge in [0.2, 0.25) is 9.84 Å². The fourth-order valence-corrected chi connectivity index (χ4v) is 5.60. The number of hydrogen-bond donors (Lipinski definition) is 1. The average Bonchev–Trinajstić information content (AvgIpc) is 3.26. The summed E-state index contributed by atoms with van der Waals surface area (Å²) in [4.78, 5) is 30.1. The molecule has 0 atom stereocenters. The summed E-state index contributed by atoms with van der Waals surface area (Å²) in [6.45, 7) is 5.28. The summed E-state index contributed by atoms with van der Waals surface area (Å²) < 4.78 is 32.1. The zero-order valence-corrected chi connectivity index (χ0v) is 21.3. The number of sulfone groups is 1. The van der Waals surface area contributed by atoms with E-state index in [4.69, 9.17) is 4.74 Å². The molecule has 3 rings (SSSR count). The molecule has 0 aliphatic carbocycles. The lowest BCUT2D eigenvalue weighted by Crippen LogP contribution is -2.32. The molecule has 1 aromatic heterocycles. The molecule has 0 aliphatic rings. The average molecular weight is 502 g/mol. The van der Waals surface area contributed by atoms with Crippen LogP contribution in [0.15, 0.2) is 63.8 Å². The standard InChI is InChI=1S/C24H27N3O5S2/c1-24(2,3)32-23(29)26-14-20-25-15-21(33-20)34(30,31)19-12-17(16-9-7-6-8-10-16)11-18(13-19)22(28)27(4)5/h6-13,15H,14H2,1-5H3,(H,26,29). The van der Waals surface area contributed by atoms with Crippen LogP contribution >= 0.6 is 11.3 Å². The van der Waals surface area contributed by atoms with Crippen LogP contribution in [0.25, 0.3) is 11.1 Å². The van der Waals surface area contributed by atoms with Gasteiger partial charge in [-0.3, -0.25) is 4.79 Å². The van der Waals surface area contributed by atoms with E-state index in [1.807, 2.05) is 30.3 Å². The lowest BCUT2D eigenvalue weighted by atomic mass is 10.0. The number of aromatic nitrogens is 1. The quantitative estimate of drug-likeness (QED) is 0.538. The minimum absolute atomic E-state index is 0.00523. The summed E-state index contributed by atoms with van der Waals surface area (Å²) >= 11 is 0.952. The summed E-state index contributed by atoms with van der Waals surface area (Å²) in [5, 5.41) is 2.98. The van der Waals surface area contributed by atoms with Crippen molar-refractivity contribution in [2.75, 3.05) is 14.1 Å². The number of nitrogens with one attached hydrogen (secondary N) is 1. The van der Waals surface area contributed by atoms with Gasteiger partial charge >= 0.3 is 6.09 Å². The summed E-state index contributed by atoms with van der Waals surface area (Å²) in [7, 11) is -0.736. The Hall–Kier alpha value is -3.24. The predicted molar refractivity (Wildman–Crippen MR) is 131 cm³/mol. The van der Waals surface area contributed by atoms with Gasteiger partial charge in [0.05, 0.1) is 17.6 Å². The van der Waals surface area contributed by atoms with Gasteiger partial charge in [-0.25, -0.2) is 18.2 Å². The van der Waals surface area contributed by atoms with Gasteiger partial charge in [0.15, 0.2) is 0 Å². The topological polar surface area (TPSA) is 106 Å². The molecule has 2 amide bonds. The molecule has 1 heterocycles. The molecule has 0 radical (unpaired) electrons. The SMILES string of the molecule is CN(C)C(=O)c1cc(-c2ccccc2)cc(S(=O)(=O)c2cnc(CNC(=O)OC(C)(C)C)s2)c1. The molecule has 0 saturated heterocycles. The monoisotopic (exact) mass is 501 g/mol. The molecular weight excluding hydrogens is 474 g/mol. The fourth-order valence-electron chi connectivity index (χ4n) is 3.01. The first-order valence-electron chi connectivity index (χ1n) is 10.5. The van der Waals surface area contributed by atoms with Crippen molar-refractivity contribution in [3.63, 3.8) is 0 Å². The van der Waals surface area contributed by atoms with Gasteiger partial charge in [-0.05, 0) is 50.1 Å². The van der Waals surface area contributed by atoms with Gasteiger partial charge in [-0.1, -0.05) is 30.3 Å². The van der Waals surface area contributed by atoms with Crippen LogP contribution in [0, 0.1) is 0 Å². The Morgan fingerprint density at radius 3 is 2.35 bits per heavy atom. The van der Waals surface area contributed by atoms with Crippen LogP contribution in [0.4, 0.5) is 4.79 Å². The third-order valence-electron chi connectivity index (χ3n) is 4.56. The van der Waals surface area contributed by atoms with E-state index in [0.717, 1.165) is 16.9 Å². The molecule has 10 heteroatoms. The molecule has 2 aromatic carbocycles. The van der Waals surface area contributed by atoms with E-state index >= 15 is 0 Å². The van der Waals surface area contributed by atoms with Gasteiger partial charge in [-0.15, -0.1) is 11.3 Å². The summed E-state index contributed by atoms with van der Waals surface area (Å²) in [5.41, 5.74) is 1.02. The lowest BCUT2D eigenvalue weighted by Gasteiger charge is -2.19. The maximum Gasteiger partial charge on any atom is 0.408 e. The number of alkyl carbamates (subject to hydrolysis) is 1. The van der Waals surface area contributed by atoms with Gasteiger partial charge in [0.1, 0.15) is 14.8 Å². The van der Waals surface area contributed by atoms with Crippen molar-refractivity contribution in [2.24, 2.45) is 0 Å². The smallest absolute Gasteiger partial charge is 0.408 e. The maximum absolute atomic E-state index is 13.4. The summed E-state index contributed by atoms with van der Waals surface area (Å²) in [6, 6.07) is 13.9. The number of hydrogen-bond acceptors (Lipinski definition) is 7. The maximum atomic E-state index is 13.4. The molecule has 180 valence electrons. The number of carbonyl (C=O) groups is 2. The van der Waals surface area contributed by atoms with Crippen LogP contribution < -0.4 is 5.32 Å². The highest BCUT2D eigenvalue weighted by molar-refractivity contribution is 7.93. The van der Waals surface area contributed by atoms with Gasteiger partial charge in [0, 0.05) is 19.7 Å². The minimum Gasteiger partial charge on any atom is -0.444 e. The highest BCUT2D eigenvalue weighted by atomic mass is 32.2. The van der Waals surface area contributed by atoms with E-state index in [1.165, 1.54) is 17.2 Å². The molecule has 0 fully saturated rings. The second-order valence-electron chi connectivity index (χ2n) is 8.74. The highest BCUT2D eigenvalue weighted by Gasteiger charge is 2.24. The first-order valence-corrected chi connectivity index (χ1v) is 12.8. The van der Waals surface area contributed by atoms with Crippen molar-refractivity contribution in [1.29, 1.82) is 0 Å². The van der Waals surface area contributed by atoms with E-state index in [0.29, 0.717) is 10.6 Å². The number of thiazole rings is 1. The normalized spacial score (nSPS) is 11.7. The van der Waals surface area contributed by atoms with Crippen molar-refractivity contribution < 1.29 is 22.7 Å². The number of carbonyl (C=O) groups excluding carboxylic acids is 2. The Labute approximate surface area is 203 Å². The molecular formula is C24H27N3O5S2. The zero-order chi connectivity index (χ0) is 25.1. The van der Waals surface area contributed by atoms with Gasteiger partial charge in [-0.2, -0.15) is 0 Å². The van der Waals surface area contributed by atoms with Crippen LogP contribution in [0.2, 0.25) is 0 Å². The number of nitrogens with zero attached hydrogens (tertiary/aromatic N) is 2. The van der Waals surface area contributed by atoms with E-state index in [-0.39, 0.29) is 27.1 Å². The minimum atomic E-state index is -3.96. The molecule has 8 nitrogen and oxygen atoms in total. The third kappa shape index (κ3) is 6.21. The molecule has 1 N–H and O–H groups in total. The fraction of sp³-hybridized carbons (Fsp3) is 0.292. The van der Waals surface area contributed by atoms with Crippen molar-refractivity contribution in [3.05, 3.63) is 65.3 Å². The van der Waals surface area contributed by atoms with E-state index in [1.54, 1.807) is 47.0 Å². The number of rotatable bonds is 6. The largest absolute Gasteiger partial charge is 0.444 e. The van der Waals surface area contributed by atoms with E-state index < -0.39 is 21.5 Å². The molecule has 0 saturated carbocycles. The van der Waals surface area contributed by atoms with Gasteiger partial charge < -0.3 is 15.0 Å². The van der Waals surface area contributed by atoms with Gasteiger partial charge in [0.25, 0.3) is 5.91 Å². The van der Waals surface area contributed by atoms with Crippen molar-refractivity contribution in [1.82, 2.24) is 15.2 Å². The predicted octanol–water partition coefficient (Wildman–Crippen LogP) is 4.37. The second kappa shape index (κ2) is 9.94. The molecule has 0 spiro atoms. The Morgan fingerprint density at radius 2 is 1.74 bits per heavy atom. The zero-order valence-electron chi connectivity index (χ0n) is 19.7. The van der Waals surface area contributed by atoms with Crippen LogP contribution in [-0.2, 0) is 21.1 Å². The molecule has 0 unspecified atom stereocenters.